The average molecular weight is 524 g/mol. The first-order chi connectivity index (χ1) is 17.4. The van der Waals surface area contributed by atoms with E-state index in [9.17, 15) is 34.5 Å². The SMILES string of the molecule is CC(O)C(N)C(=O)NC(CC1=CCN(C(=N)N)C1)C(=O)NCCC(=O)NC(C(=O)O)C(O)c1ccco1. The Morgan fingerprint density at radius 2 is 1.92 bits per heavy atom. The summed E-state index contributed by atoms with van der Waals surface area (Å²) in [5.74, 6) is -3.83. The maximum Gasteiger partial charge on any atom is 0.329 e. The van der Waals surface area contributed by atoms with Crippen molar-refractivity contribution in [1.29, 1.82) is 5.41 Å². The predicted octanol–water partition coefficient (Wildman–Crippen LogP) is -2.89. The van der Waals surface area contributed by atoms with Gasteiger partial charge in [-0.15, -0.1) is 0 Å². The molecule has 0 aromatic carbocycles. The van der Waals surface area contributed by atoms with Gasteiger partial charge in [-0.3, -0.25) is 19.8 Å². The Bertz CT molecular complexity index is 1010. The van der Waals surface area contributed by atoms with Crippen LogP contribution in [0.2, 0.25) is 0 Å². The van der Waals surface area contributed by atoms with Crippen molar-refractivity contribution in [2.75, 3.05) is 19.6 Å². The predicted molar refractivity (Wildman–Crippen MR) is 129 cm³/mol. The minimum Gasteiger partial charge on any atom is -0.480 e. The van der Waals surface area contributed by atoms with Gasteiger partial charge < -0.3 is 52.1 Å². The Hall–Kier alpha value is -3.95. The number of aliphatic carboxylic acids is 1. The number of furan rings is 1. The summed E-state index contributed by atoms with van der Waals surface area (Å²) >= 11 is 0. The summed E-state index contributed by atoms with van der Waals surface area (Å²) in [5, 5.41) is 43.8. The molecule has 5 atom stereocenters. The number of hydrogen-bond donors (Lipinski definition) is 9. The maximum atomic E-state index is 12.8. The first-order valence-electron chi connectivity index (χ1n) is 11.4. The number of nitrogens with two attached hydrogens (primary N) is 2. The first kappa shape index (κ1) is 29.3. The lowest BCUT2D eigenvalue weighted by atomic mass is 10.0. The number of nitrogens with zero attached hydrogens (tertiary/aromatic N) is 1. The van der Waals surface area contributed by atoms with Gasteiger partial charge in [-0.1, -0.05) is 11.6 Å². The summed E-state index contributed by atoms with van der Waals surface area (Å²) in [6, 6.07) is -1.24. The molecule has 5 unspecified atom stereocenters. The van der Waals surface area contributed by atoms with E-state index in [2.05, 4.69) is 16.0 Å². The fourth-order valence-corrected chi connectivity index (χ4v) is 3.47. The molecule has 15 heteroatoms. The number of aliphatic hydroxyl groups excluding tert-OH is 2. The summed E-state index contributed by atoms with van der Waals surface area (Å²) < 4.78 is 4.98. The molecule has 15 nitrogen and oxygen atoms in total. The van der Waals surface area contributed by atoms with Crippen LogP contribution in [0.15, 0.2) is 34.5 Å². The minimum atomic E-state index is -1.68. The second-order valence-electron chi connectivity index (χ2n) is 8.54. The van der Waals surface area contributed by atoms with Gasteiger partial charge in [0.1, 0.15) is 23.9 Å². The zero-order valence-corrected chi connectivity index (χ0v) is 20.2. The van der Waals surface area contributed by atoms with E-state index in [0.717, 1.165) is 5.57 Å². The molecule has 0 fully saturated rings. The van der Waals surface area contributed by atoms with Gasteiger partial charge in [0.25, 0.3) is 0 Å². The van der Waals surface area contributed by atoms with Crippen LogP contribution in [-0.2, 0) is 19.2 Å². The van der Waals surface area contributed by atoms with Gasteiger partial charge in [0, 0.05) is 26.1 Å². The molecule has 0 aliphatic carbocycles. The second-order valence-corrected chi connectivity index (χ2v) is 8.54. The number of carbonyl (C=O) groups is 4. The van der Waals surface area contributed by atoms with Crippen LogP contribution in [0.3, 0.4) is 0 Å². The topological polar surface area (TPSA) is 257 Å². The molecule has 0 bridgehead atoms. The lowest BCUT2D eigenvalue weighted by Gasteiger charge is -2.23. The van der Waals surface area contributed by atoms with E-state index in [1.807, 2.05) is 0 Å². The summed E-state index contributed by atoms with van der Waals surface area (Å²) in [6.45, 7) is 1.78. The fourth-order valence-electron chi connectivity index (χ4n) is 3.47. The molecule has 2 heterocycles. The molecule has 0 spiro atoms. The van der Waals surface area contributed by atoms with Crippen molar-refractivity contribution in [2.24, 2.45) is 11.5 Å². The quantitative estimate of drug-likeness (QED) is 0.0720. The highest BCUT2D eigenvalue weighted by molar-refractivity contribution is 5.90. The maximum absolute atomic E-state index is 12.8. The molecule has 1 aromatic heterocycles. The molecule has 37 heavy (non-hydrogen) atoms. The molecule has 1 aliphatic rings. The van der Waals surface area contributed by atoms with Crippen LogP contribution in [-0.4, -0.2) is 93.7 Å². The van der Waals surface area contributed by atoms with Crippen LogP contribution in [0.4, 0.5) is 0 Å². The largest absolute Gasteiger partial charge is 0.480 e. The van der Waals surface area contributed by atoms with Crippen molar-refractivity contribution >= 4 is 29.7 Å². The number of rotatable bonds is 13. The Balaban J connectivity index is 1.96. The number of carboxylic acid groups (broad SMARTS) is 1. The van der Waals surface area contributed by atoms with Gasteiger partial charge in [0.2, 0.25) is 17.7 Å². The fraction of sp³-hybridized carbons (Fsp3) is 0.500. The number of aliphatic hydroxyl groups is 2. The van der Waals surface area contributed by atoms with Gasteiger partial charge >= 0.3 is 5.97 Å². The minimum absolute atomic E-state index is 0.0421. The van der Waals surface area contributed by atoms with Crippen LogP contribution in [0.1, 0.15) is 31.6 Å². The third-order valence-electron chi connectivity index (χ3n) is 5.64. The van der Waals surface area contributed by atoms with Gasteiger partial charge in [-0.25, -0.2) is 4.79 Å². The summed E-state index contributed by atoms with van der Waals surface area (Å²) in [5.41, 5.74) is 11.9. The highest BCUT2D eigenvalue weighted by Crippen LogP contribution is 2.18. The standard InChI is InChI=1S/C22H33N7O8/c1-11(30)16(23)20(34)27-13(9-12-5-7-29(10-12)22(24)25)19(33)26-6-4-15(31)28-17(21(35)36)18(32)14-3-2-8-37-14/h2-3,5,8,11,13,16-18,30,32H,4,6-7,9-10,23H2,1H3,(H3,24,25)(H,26,33)(H,27,34)(H,28,31)(H,35,36). The monoisotopic (exact) mass is 523 g/mol. The molecule has 1 aliphatic heterocycles. The average Bonchev–Trinajstić information content (AvgIpc) is 3.53. The smallest absolute Gasteiger partial charge is 0.329 e. The molecule has 0 saturated carbocycles. The number of guanidine groups is 1. The zero-order chi connectivity index (χ0) is 27.7. The van der Waals surface area contributed by atoms with Crippen LogP contribution < -0.4 is 27.4 Å². The number of hydrogen-bond acceptors (Lipinski definition) is 9. The Morgan fingerprint density at radius 3 is 2.46 bits per heavy atom. The highest BCUT2D eigenvalue weighted by atomic mass is 16.4. The van der Waals surface area contributed by atoms with Crippen molar-refractivity contribution in [2.45, 2.75) is 50.1 Å². The Morgan fingerprint density at radius 1 is 1.22 bits per heavy atom. The van der Waals surface area contributed by atoms with E-state index in [1.54, 1.807) is 11.0 Å². The molecule has 2 rings (SSSR count). The number of amides is 3. The van der Waals surface area contributed by atoms with Gasteiger partial charge in [0.15, 0.2) is 12.0 Å². The van der Waals surface area contributed by atoms with Crippen LogP contribution in [0.5, 0.6) is 0 Å². The van der Waals surface area contributed by atoms with Gasteiger partial charge in [-0.05, 0) is 25.5 Å². The third-order valence-corrected chi connectivity index (χ3v) is 5.64. The second kappa shape index (κ2) is 13.4. The Labute approximate surface area is 212 Å². The number of carbonyl (C=O) groups excluding carboxylic acids is 3. The van der Waals surface area contributed by atoms with E-state index in [0.29, 0.717) is 6.54 Å². The molecule has 3 amide bonds. The van der Waals surface area contributed by atoms with Crippen LogP contribution in [0, 0.1) is 5.41 Å². The third kappa shape index (κ3) is 8.59. The van der Waals surface area contributed by atoms with E-state index >= 15 is 0 Å². The van der Waals surface area contributed by atoms with E-state index in [-0.39, 0.29) is 37.7 Å². The zero-order valence-electron chi connectivity index (χ0n) is 20.2. The van der Waals surface area contributed by atoms with E-state index in [1.165, 1.54) is 25.3 Å². The van der Waals surface area contributed by atoms with Crippen molar-refractivity contribution < 1.29 is 38.9 Å². The summed E-state index contributed by atoms with van der Waals surface area (Å²) in [6.07, 6.45) is -0.0298. The van der Waals surface area contributed by atoms with Crippen molar-refractivity contribution in [3.05, 3.63) is 35.8 Å². The first-order valence-corrected chi connectivity index (χ1v) is 11.4. The van der Waals surface area contributed by atoms with Crippen molar-refractivity contribution in [3.8, 4) is 0 Å². The van der Waals surface area contributed by atoms with Crippen LogP contribution >= 0.6 is 0 Å². The van der Waals surface area contributed by atoms with Gasteiger partial charge in [0.05, 0.1) is 12.4 Å². The Kier molecular flexibility index (Phi) is 10.6. The normalized spacial score (nSPS) is 17.1. The molecule has 0 saturated heterocycles. The summed E-state index contributed by atoms with van der Waals surface area (Å²) in [7, 11) is 0. The lowest BCUT2D eigenvalue weighted by molar-refractivity contribution is -0.145. The van der Waals surface area contributed by atoms with E-state index < -0.39 is 54.0 Å². The highest BCUT2D eigenvalue weighted by Gasteiger charge is 2.32. The number of nitrogens with one attached hydrogen (secondary N) is 4. The van der Waals surface area contributed by atoms with Crippen molar-refractivity contribution in [1.82, 2.24) is 20.9 Å². The number of carboxylic acids is 1. The lowest BCUT2D eigenvalue weighted by Crippen LogP contribution is -2.54. The molecular formula is C22H33N7O8. The molecular weight excluding hydrogens is 490 g/mol. The molecule has 204 valence electrons. The van der Waals surface area contributed by atoms with E-state index in [4.69, 9.17) is 21.3 Å². The summed E-state index contributed by atoms with van der Waals surface area (Å²) in [4.78, 5) is 50.5. The van der Waals surface area contributed by atoms with Crippen molar-refractivity contribution in [3.63, 3.8) is 0 Å². The molecule has 1 aromatic rings. The molecule has 0 radical (unpaired) electrons. The van der Waals surface area contributed by atoms with Gasteiger partial charge in [-0.2, -0.15) is 0 Å². The molecule has 11 N–H and O–H groups in total. The van der Waals surface area contributed by atoms with Crippen LogP contribution in [0.25, 0.3) is 0 Å².